The van der Waals surface area contributed by atoms with Crippen molar-refractivity contribution < 1.29 is 9.90 Å². The van der Waals surface area contributed by atoms with Gasteiger partial charge in [0.15, 0.2) is 5.13 Å². The molecule has 0 atom stereocenters. The van der Waals surface area contributed by atoms with Gasteiger partial charge in [0, 0.05) is 17.6 Å². The normalized spacial score (nSPS) is 10.6. The van der Waals surface area contributed by atoms with Gasteiger partial charge in [-0.2, -0.15) is 5.10 Å². The second-order valence-corrected chi connectivity index (χ2v) is 5.12. The first kappa shape index (κ1) is 13.5. The van der Waals surface area contributed by atoms with Crippen LogP contribution in [0.1, 0.15) is 23.4 Å². The summed E-state index contributed by atoms with van der Waals surface area (Å²) in [5.41, 5.74) is 2.94. The maximum absolute atomic E-state index is 10.5. The SMILES string of the molecule is Cc1[nH]ncc1CCCNc1nc(CC(=O)O)cs1. The molecule has 0 spiro atoms. The Hall–Kier alpha value is -1.89. The van der Waals surface area contributed by atoms with Crippen molar-refractivity contribution in [3.8, 4) is 0 Å². The van der Waals surface area contributed by atoms with Gasteiger partial charge in [0.2, 0.25) is 0 Å². The van der Waals surface area contributed by atoms with Crippen molar-refractivity contribution in [2.24, 2.45) is 0 Å². The van der Waals surface area contributed by atoms with Crippen molar-refractivity contribution in [1.29, 1.82) is 0 Å². The van der Waals surface area contributed by atoms with Crippen LogP contribution < -0.4 is 5.32 Å². The number of aryl methyl sites for hydroxylation is 2. The zero-order valence-electron chi connectivity index (χ0n) is 10.6. The third kappa shape index (κ3) is 4.06. The number of nitrogens with one attached hydrogen (secondary N) is 2. The molecule has 3 N–H and O–H groups in total. The average molecular weight is 280 g/mol. The van der Waals surface area contributed by atoms with Crippen LogP contribution in [0.4, 0.5) is 5.13 Å². The number of anilines is 1. The summed E-state index contributed by atoms with van der Waals surface area (Å²) in [6, 6.07) is 0. The number of nitrogens with zero attached hydrogens (tertiary/aromatic N) is 2. The third-order valence-corrected chi connectivity index (χ3v) is 3.57. The first-order chi connectivity index (χ1) is 9.15. The van der Waals surface area contributed by atoms with Gasteiger partial charge in [-0.3, -0.25) is 9.89 Å². The fourth-order valence-corrected chi connectivity index (χ4v) is 2.47. The summed E-state index contributed by atoms with van der Waals surface area (Å²) >= 11 is 1.44. The molecular weight excluding hydrogens is 264 g/mol. The Kier molecular flexibility index (Phi) is 4.51. The van der Waals surface area contributed by atoms with Gasteiger partial charge in [-0.25, -0.2) is 4.98 Å². The Labute approximate surface area is 114 Å². The molecule has 6 nitrogen and oxygen atoms in total. The molecule has 0 fully saturated rings. The van der Waals surface area contributed by atoms with Crippen LogP contribution in [0.2, 0.25) is 0 Å². The maximum Gasteiger partial charge on any atom is 0.309 e. The summed E-state index contributed by atoms with van der Waals surface area (Å²) in [7, 11) is 0. The molecule has 7 heteroatoms. The smallest absolute Gasteiger partial charge is 0.309 e. The summed E-state index contributed by atoms with van der Waals surface area (Å²) in [5, 5.41) is 21.3. The van der Waals surface area contributed by atoms with Crippen LogP contribution in [0.25, 0.3) is 0 Å². The number of hydrogen-bond donors (Lipinski definition) is 3. The van der Waals surface area contributed by atoms with Crippen LogP contribution in [0.5, 0.6) is 0 Å². The van der Waals surface area contributed by atoms with Gasteiger partial charge >= 0.3 is 5.97 Å². The molecule has 0 amide bonds. The average Bonchev–Trinajstić information content (AvgIpc) is 2.94. The number of aliphatic carboxylic acids is 1. The molecule has 0 bridgehead atoms. The molecule has 2 heterocycles. The Morgan fingerprint density at radius 2 is 2.42 bits per heavy atom. The number of carbonyl (C=O) groups is 1. The molecule has 2 aromatic rings. The summed E-state index contributed by atoms with van der Waals surface area (Å²) in [5.74, 6) is -0.854. The van der Waals surface area contributed by atoms with Crippen LogP contribution in [0.3, 0.4) is 0 Å². The predicted molar refractivity (Wildman–Crippen MR) is 73.6 cm³/mol. The Morgan fingerprint density at radius 3 is 3.11 bits per heavy atom. The highest BCUT2D eigenvalue weighted by Gasteiger charge is 2.06. The third-order valence-electron chi connectivity index (χ3n) is 2.72. The van der Waals surface area contributed by atoms with E-state index in [0.29, 0.717) is 5.69 Å². The summed E-state index contributed by atoms with van der Waals surface area (Å²) < 4.78 is 0. The van der Waals surface area contributed by atoms with E-state index in [1.165, 1.54) is 16.9 Å². The van der Waals surface area contributed by atoms with Gasteiger partial charge in [0.05, 0.1) is 18.3 Å². The Balaban J connectivity index is 1.72. The monoisotopic (exact) mass is 280 g/mol. The van der Waals surface area contributed by atoms with Crippen LogP contribution in [-0.4, -0.2) is 32.8 Å². The van der Waals surface area contributed by atoms with E-state index >= 15 is 0 Å². The molecule has 0 unspecified atom stereocenters. The van der Waals surface area contributed by atoms with E-state index in [1.54, 1.807) is 5.38 Å². The van der Waals surface area contributed by atoms with E-state index in [4.69, 9.17) is 5.11 Å². The van der Waals surface area contributed by atoms with Gasteiger partial charge in [-0.1, -0.05) is 0 Å². The van der Waals surface area contributed by atoms with Crippen LogP contribution in [-0.2, 0) is 17.6 Å². The lowest BCUT2D eigenvalue weighted by Crippen LogP contribution is -2.04. The zero-order valence-corrected chi connectivity index (χ0v) is 11.5. The quantitative estimate of drug-likeness (QED) is 0.673. The lowest BCUT2D eigenvalue weighted by molar-refractivity contribution is -0.136. The number of hydrogen-bond acceptors (Lipinski definition) is 5. The van der Waals surface area contributed by atoms with Crippen LogP contribution in [0, 0.1) is 6.92 Å². The van der Waals surface area contributed by atoms with Gasteiger partial charge in [0.1, 0.15) is 0 Å². The standard InChI is InChI=1S/C12H16N4O2S/c1-8-9(6-14-16-8)3-2-4-13-12-15-10(7-19-12)5-11(17)18/h6-7H,2-5H2,1H3,(H,13,15)(H,14,16)(H,17,18). The van der Waals surface area contributed by atoms with Gasteiger partial charge in [-0.05, 0) is 25.3 Å². The topological polar surface area (TPSA) is 90.9 Å². The molecule has 0 radical (unpaired) electrons. The minimum Gasteiger partial charge on any atom is -0.481 e. The first-order valence-corrected chi connectivity index (χ1v) is 6.92. The largest absolute Gasteiger partial charge is 0.481 e. The Morgan fingerprint density at radius 1 is 1.58 bits per heavy atom. The lowest BCUT2D eigenvalue weighted by atomic mass is 10.1. The minimum absolute atomic E-state index is 0.0214. The number of aromatic amines is 1. The molecular formula is C12H16N4O2S. The van der Waals surface area contributed by atoms with Crippen molar-refractivity contribution in [1.82, 2.24) is 15.2 Å². The van der Waals surface area contributed by atoms with Gasteiger partial charge < -0.3 is 10.4 Å². The Bertz CT molecular complexity index is 549. The van der Waals surface area contributed by atoms with Crippen molar-refractivity contribution in [3.63, 3.8) is 0 Å². The summed E-state index contributed by atoms with van der Waals surface area (Å²) in [6.07, 6.45) is 3.77. The molecule has 2 aromatic heterocycles. The van der Waals surface area contributed by atoms with E-state index in [-0.39, 0.29) is 6.42 Å². The fourth-order valence-electron chi connectivity index (χ4n) is 1.73. The zero-order chi connectivity index (χ0) is 13.7. The summed E-state index contributed by atoms with van der Waals surface area (Å²) in [6.45, 7) is 2.82. The van der Waals surface area contributed by atoms with E-state index in [0.717, 1.165) is 30.2 Å². The predicted octanol–water partition coefficient (Wildman–Crippen LogP) is 1.85. The van der Waals surface area contributed by atoms with Crippen LogP contribution >= 0.6 is 11.3 Å². The van der Waals surface area contributed by atoms with Crippen molar-refractivity contribution in [2.45, 2.75) is 26.2 Å². The minimum atomic E-state index is -0.854. The number of thiazole rings is 1. The van der Waals surface area contributed by atoms with Crippen LogP contribution in [0.15, 0.2) is 11.6 Å². The number of carboxylic acids is 1. The first-order valence-electron chi connectivity index (χ1n) is 6.04. The molecule has 0 saturated carbocycles. The summed E-state index contributed by atoms with van der Waals surface area (Å²) in [4.78, 5) is 14.7. The highest BCUT2D eigenvalue weighted by atomic mass is 32.1. The maximum atomic E-state index is 10.5. The second kappa shape index (κ2) is 6.33. The molecule has 0 saturated heterocycles. The van der Waals surface area contributed by atoms with Gasteiger partial charge in [0.25, 0.3) is 0 Å². The molecule has 19 heavy (non-hydrogen) atoms. The second-order valence-electron chi connectivity index (χ2n) is 4.27. The highest BCUT2D eigenvalue weighted by molar-refractivity contribution is 7.13. The fraction of sp³-hybridized carbons (Fsp3) is 0.417. The number of rotatable bonds is 7. The number of carboxylic acid groups (broad SMARTS) is 1. The van der Waals surface area contributed by atoms with E-state index < -0.39 is 5.97 Å². The molecule has 0 aliphatic heterocycles. The molecule has 102 valence electrons. The number of aromatic nitrogens is 3. The number of H-pyrrole nitrogens is 1. The van der Waals surface area contributed by atoms with E-state index in [2.05, 4.69) is 20.5 Å². The molecule has 0 aromatic carbocycles. The van der Waals surface area contributed by atoms with E-state index in [9.17, 15) is 4.79 Å². The lowest BCUT2D eigenvalue weighted by Gasteiger charge is -2.02. The molecule has 0 aliphatic rings. The van der Waals surface area contributed by atoms with E-state index in [1.807, 2.05) is 13.1 Å². The van der Waals surface area contributed by atoms with Crippen molar-refractivity contribution in [3.05, 3.63) is 28.5 Å². The molecule has 2 rings (SSSR count). The van der Waals surface area contributed by atoms with Crippen molar-refractivity contribution in [2.75, 3.05) is 11.9 Å². The highest BCUT2D eigenvalue weighted by Crippen LogP contribution is 2.16. The van der Waals surface area contributed by atoms with Crippen molar-refractivity contribution >= 4 is 22.4 Å². The van der Waals surface area contributed by atoms with Gasteiger partial charge in [-0.15, -0.1) is 11.3 Å². The molecule has 0 aliphatic carbocycles.